The number of aliphatic carboxylic acids is 1. The Labute approximate surface area is 382 Å². The number of carboxylic acid groups (broad SMARTS) is 1. The summed E-state index contributed by atoms with van der Waals surface area (Å²) in [6, 6.07) is -0.620. The number of esters is 2. The van der Waals surface area contributed by atoms with Crippen LogP contribution >= 0.6 is 0 Å². The van der Waals surface area contributed by atoms with E-state index in [1.54, 1.807) is 0 Å². The van der Waals surface area contributed by atoms with Crippen molar-refractivity contribution >= 4 is 17.9 Å². The van der Waals surface area contributed by atoms with E-state index in [9.17, 15) is 19.5 Å². The molecule has 0 fully saturated rings. The molecular weight excluding hydrogens is 775 g/mol. The second-order valence-electron chi connectivity index (χ2n) is 18.5. The molecule has 1 N–H and O–H groups in total. The van der Waals surface area contributed by atoms with Crippen molar-refractivity contribution in [3.63, 3.8) is 0 Å². The fraction of sp³-hybridized carbons (Fsp3) is 0.796. The van der Waals surface area contributed by atoms with Gasteiger partial charge >= 0.3 is 17.9 Å². The van der Waals surface area contributed by atoms with Gasteiger partial charge in [-0.3, -0.25) is 9.59 Å². The molecule has 8 heteroatoms. The van der Waals surface area contributed by atoms with Gasteiger partial charge in [-0.05, 0) is 64.2 Å². The van der Waals surface area contributed by atoms with Crippen molar-refractivity contribution in [2.75, 3.05) is 41.0 Å². The highest BCUT2D eigenvalue weighted by Crippen LogP contribution is 2.15. The number of nitrogens with zero attached hydrogens (tertiary/aromatic N) is 1. The van der Waals surface area contributed by atoms with Crippen molar-refractivity contribution in [1.29, 1.82) is 0 Å². The number of carboxylic acids is 1. The Balaban J connectivity index is 4.30. The Morgan fingerprint density at radius 2 is 0.871 bits per heavy atom. The van der Waals surface area contributed by atoms with Crippen LogP contribution in [0.5, 0.6) is 0 Å². The van der Waals surface area contributed by atoms with Gasteiger partial charge in [-0.25, -0.2) is 4.79 Å². The van der Waals surface area contributed by atoms with Crippen LogP contribution in [0.3, 0.4) is 0 Å². The molecule has 0 radical (unpaired) electrons. The number of rotatable bonds is 46. The molecule has 0 spiro atoms. The van der Waals surface area contributed by atoms with Gasteiger partial charge in [0.25, 0.3) is 0 Å². The van der Waals surface area contributed by atoms with Crippen molar-refractivity contribution < 1.29 is 38.2 Å². The lowest BCUT2D eigenvalue weighted by Crippen LogP contribution is -2.50. The number of allylic oxidation sites excluding steroid dienone is 8. The summed E-state index contributed by atoms with van der Waals surface area (Å²) in [6.45, 7) is 4.72. The molecule has 0 aromatic carbocycles. The van der Waals surface area contributed by atoms with Gasteiger partial charge in [-0.2, -0.15) is 0 Å². The largest absolute Gasteiger partial charge is 0.477 e. The van der Waals surface area contributed by atoms with Crippen molar-refractivity contribution in [2.45, 2.75) is 238 Å². The van der Waals surface area contributed by atoms with Gasteiger partial charge in [0.2, 0.25) is 0 Å². The molecule has 8 nitrogen and oxygen atoms in total. The summed E-state index contributed by atoms with van der Waals surface area (Å²) in [5, 5.41) is 9.65. The lowest BCUT2D eigenvalue weighted by molar-refractivity contribution is -0.887. The summed E-state index contributed by atoms with van der Waals surface area (Å²) < 4.78 is 17.3. The monoisotopic (exact) mass is 873 g/mol. The maximum absolute atomic E-state index is 12.8. The minimum atomic E-state index is -0.878. The Bertz CT molecular complexity index is 1150. The molecule has 0 aliphatic carbocycles. The van der Waals surface area contributed by atoms with E-state index in [1.165, 1.54) is 128 Å². The number of hydrogen-bond acceptors (Lipinski definition) is 6. The molecule has 0 aliphatic heterocycles. The first-order chi connectivity index (χ1) is 30.1. The minimum absolute atomic E-state index is 0.0527. The highest BCUT2D eigenvalue weighted by atomic mass is 16.6. The highest BCUT2D eigenvalue weighted by Gasteiger charge is 2.31. The van der Waals surface area contributed by atoms with Crippen molar-refractivity contribution in [3.05, 3.63) is 48.6 Å². The van der Waals surface area contributed by atoms with Gasteiger partial charge in [0.05, 0.1) is 34.4 Å². The molecule has 0 aromatic rings. The van der Waals surface area contributed by atoms with Crippen LogP contribution in [0.4, 0.5) is 0 Å². The first kappa shape index (κ1) is 59.3. The van der Waals surface area contributed by atoms with Crippen LogP contribution < -0.4 is 0 Å². The van der Waals surface area contributed by atoms with E-state index in [-0.39, 0.29) is 36.2 Å². The van der Waals surface area contributed by atoms with E-state index in [0.29, 0.717) is 19.3 Å². The van der Waals surface area contributed by atoms with E-state index in [2.05, 4.69) is 62.5 Å². The third kappa shape index (κ3) is 42.6. The summed E-state index contributed by atoms with van der Waals surface area (Å²) in [4.78, 5) is 37.1. The average molecular weight is 873 g/mol. The maximum Gasteiger partial charge on any atom is 0.362 e. The molecule has 360 valence electrons. The number of carbonyl (C=O) groups excluding carboxylic acids is 2. The summed E-state index contributed by atoms with van der Waals surface area (Å²) in [5.41, 5.74) is 0. The summed E-state index contributed by atoms with van der Waals surface area (Å²) >= 11 is 0. The summed E-state index contributed by atoms with van der Waals surface area (Å²) in [5.74, 6) is -1.49. The zero-order chi connectivity index (χ0) is 45.6. The van der Waals surface area contributed by atoms with E-state index < -0.39 is 18.1 Å². The Morgan fingerprint density at radius 3 is 1.29 bits per heavy atom. The quantitative estimate of drug-likeness (QED) is 0.0214. The number of ether oxygens (including phenoxy) is 3. The molecule has 0 saturated carbocycles. The van der Waals surface area contributed by atoms with E-state index >= 15 is 0 Å². The van der Waals surface area contributed by atoms with E-state index in [1.807, 2.05) is 21.1 Å². The van der Waals surface area contributed by atoms with Gasteiger partial charge in [-0.15, -0.1) is 0 Å². The topological polar surface area (TPSA) is 99.1 Å². The van der Waals surface area contributed by atoms with Crippen LogP contribution in [0, 0.1) is 0 Å². The van der Waals surface area contributed by atoms with Crippen LogP contribution in [-0.2, 0) is 28.6 Å². The molecule has 0 heterocycles. The molecule has 0 rings (SSSR count). The van der Waals surface area contributed by atoms with Gasteiger partial charge < -0.3 is 23.8 Å². The number of carbonyl (C=O) groups is 3. The van der Waals surface area contributed by atoms with E-state index in [0.717, 1.165) is 64.2 Å². The smallest absolute Gasteiger partial charge is 0.362 e. The van der Waals surface area contributed by atoms with Crippen LogP contribution in [0.25, 0.3) is 0 Å². The number of quaternary nitrogens is 1. The maximum atomic E-state index is 12.8. The van der Waals surface area contributed by atoms with Crippen LogP contribution in [0.2, 0.25) is 0 Å². The van der Waals surface area contributed by atoms with E-state index in [4.69, 9.17) is 14.2 Å². The molecule has 62 heavy (non-hydrogen) atoms. The van der Waals surface area contributed by atoms with Crippen LogP contribution in [0.1, 0.15) is 226 Å². The lowest BCUT2D eigenvalue weighted by atomic mass is 10.1. The molecule has 2 atom stereocenters. The minimum Gasteiger partial charge on any atom is -0.477 e. The molecule has 0 amide bonds. The first-order valence-electron chi connectivity index (χ1n) is 25.7. The van der Waals surface area contributed by atoms with Gasteiger partial charge in [-0.1, -0.05) is 191 Å². The van der Waals surface area contributed by atoms with Crippen molar-refractivity contribution in [3.8, 4) is 0 Å². The molecule has 0 aromatic heterocycles. The second-order valence-corrected chi connectivity index (χ2v) is 18.5. The third-order valence-electron chi connectivity index (χ3n) is 11.5. The highest BCUT2D eigenvalue weighted by molar-refractivity contribution is 5.72. The number of likely N-dealkylation sites (N-methyl/N-ethyl adjacent to an activating group) is 1. The molecule has 0 bridgehead atoms. The molecule has 0 saturated heterocycles. The fourth-order valence-corrected chi connectivity index (χ4v) is 7.50. The number of hydrogen-bond donors (Lipinski definition) is 1. The number of unbranched alkanes of at least 4 members (excludes halogenated alkanes) is 26. The zero-order valence-corrected chi connectivity index (χ0v) is 41.1. The van der Waals surface area contributed by atoms with Crippen molar-refractivity contribution in [2.24, 2.45) is 0 Å². The Kier molecular flexibility index (Phi) is 42.9. The molecule has 0 aliphatic rings. The van der Waals surface area contributed by atoms with Crippen molar-refractivity contribution in [1.82, 2.24) is 0 Å². The molecule has 2 unspecified atom stereocenters. The van der Waals surface area contributed by atoms with Crippen LogP contribution in [0.15, 0.2) is 48.6 Å². The summed E-state index contributed by atoms with van der Waals surface area (Å²) in [6.07, 6.45) is 54.4. The predicted octanol–water partition coefficient (Wildman–Crippen LogP) is 14.8. The lowest BCUT2D eigenvalue weighted by Gasteiger charge is -2.31. The Hall–Kier alpha value is -2.71. The first-order valence-corrected chi connectivity index (χ1v) is 25.7. The normalized spacial score (nSPS) is 13.2. The molecular formula is C54H98NO7+. The summed E-state index contributed by atoms with van der Waals surface area (Å²) in [7, 11) is 5.53. The van der Waals surface area contributed by atoms with Gasteiger partial charge in [0.1, 0.15) is 6.61 Å². The SMILES string of the molecule is CCCCCCC/C=C/C=C/C=C/CCCCCCCC(=O)OCC(COCCC(C(=O)O)[N+](C)(C)C)OC(=O)CCCCCCCCC/C=C/CCCCCCCCCCC. The standard InChI is InChI=1S/C54H97NO7/c1-6-8-10-12-14-16-18-20-22-24-26-27-29-31-33-35-37-39-41-43-45-53(57)62-50(48-60-47-46-51(54(58)59)55(3,4)5)49-61-52(56)44-42-40-38-36-34-32-30-28-25-23-21-19-17-15-13-11-9-7-2/h19,21,23,25-28,30,50-51H,6-18,20,22,24,29,31-49H2,1-5H3/p+1/b21-19+,25-23+,27-26+,30-28+. The zero-order valence-electron chi connectivity index (χ0n) is 41.1. The third-order valence-corrected chi connectivity index (χ3v) is 11.5. The second kappa shape index (κ2) is 44.9. The van der Waals surface area contributed by atoms with Gasteiger partial charge in [0, 0.05) is 19.3 Å². The van der Waals surface area contributed by atoms with Gasteiger partial charge in [0.15, 0.2) is 12.1 Å². The predicted molar refractivity (Wildman–Crippen MR) is 261 cm³/mol. The average Bonchev–Trinajstić information content (AvgIpc) is 3.23. The van der Waals surface area contributed by atoms with Crippen LogP contribution in [-0.4, -0.2) is 80.6 Å². The Morgan fingerprint density at radius 1 is 0.484 bits per heavy atom. The fourth-order valence-electron chi connectivity index (χ4n) is 7.50.